The molecule has 0 heterocycles. The van der Waals surface area contributed by atoms with Crippen molar-refractivity contribution < 1.29 is 28.7 Å². The summed E-state index contributed by atoms with van der Waals surface area (Å²) in [5.41, 5.74) is 0. The fraction of sp³-hybridized carbons (Fsp3) is 0.727. The van der Waals surface area contributed by atoms with Crippen molar-refractivity contribution in [1.29, 1.82) is 0 Å². The SMILES string of the molecule is O=C=NC1CCCC(COC(=O)/C=C\C(=O)OCC2CCCC(N=C=O)CC2)CC1. The van der Waals surface area contributed by atoms with E-state index in [1.54, 1.807) is 12.2 Å². The highest BCUT2D eigenvalue weighted by molar-refractivity contribution is 5.91. The van der Waals surface area contributed by atoms with Gasteiger partial charge in [0.15, 0.2) is 0 Å². The number of hydrogen-bond acceptors (Lipinski definition) is 8. The van der Waals surface area contributed by atoms with Crippen LogP contribution in [0.25, 0.3) is 0 Å². The van der Waals surface area contributed by atoms with Crippen molar-refractivity contribution in [2.75, 3.05) is 13.2 Å². The van der Waals surface area contributed by atoms with Crippen molar-refractivity contribution in [3.05, 3.63) is 12.2 Å². The molecule has 2 aliphatic carbocycles. The van der Waals surface area contributed by atoms with Crippen LogP contribution in [-0.2, 0) is 28.7 Å². The summed E-state index contributed by atoms with van der Waals surface area (Å²) in [7, 11) is 0. The molecule has 0 spiro atoms. The molecule has 8 heteroatoms. The van der Waals surface area contributed by atoms with E-state index in [2.05, 4.69) is 9.98 Å². The lowest BCUT2D eigenvalue weighted by Gasteiger charge is -2.14. The Hall–Kier alpha value is -2.56. The summed E-state index contributed by atoms with van der Waals surface area (Å²) in [6, 6.07) is 0.0462. The molecule has 4 unspecified atom stereocenters. The molecule has 2 fully saturated rings. The summed E-state index contributed by atoms with van der Waals surface area (Å²) in [6.45, 7) is 0.588. The van der Waals surface area contributed by atoms with E-state index in [1.807, 2.05) is 0 Å². The third kappa shape index (κ3) is 9.29. The number of isocyanates is 2. The van der Waals surface area contributed by atoms with Crippen LogP contribution in [0.5, 0.6) is 0 Å². The largest absolute Gasteiger partial charge is 0.462 e. The third-order valence-corrected chi connectivity index (χ3v) is 5.86. The van der Waals surface area contributed by atoms with Gasteiger partial charge in [-0.1, -0.05) is 12.8 Å². The Morgan fingerprint density at radius 2 is 1.13 bits per heavy atom. The molecule has 0 aromatic heterocycles. The van der Waals surface area contributed by atoms with Crippen LogP contribution < -0.4 is 0 Å². The van der Waals surface area contributed by atoms with Gasteiger partial charge in [0.25, 0.3) is 0 Å². The molecule has 0 N–H and O–H groups in total. The summed E-state index contributed by atoms with van der Waals surface area (Å²) < 4.78 is 10.5. The maximum absolute atomic E-state index is 11.9. The van der Waals surface area contributed by atoms with E-state index < -0.39 is 11.9 Å². The second-order valence-electron chi connectivity index (χ2n) is 8.09. The van der Waals surface area contributed by atoms with Gasteiger partial charge in [-0.15, -0.1) is 0 Å². The first kappa shape index (κ1) is 23.7. The van der Waals surface area contributed by atoms with Gasteiger partial charge in [0.05, 0.1) is 25.3 Å². The first-order valence-corrected chi connectivity index (χ1v) is 10.8. The lowest BCUT2D eigenvalue weighted by Crippen LogP contribution is -2.14. The van der Waals surface area contributed by atoms with Crippen molar-refractivity contribution in [1.82, 2.24) is 0 Å². The number of carbonyl (C=O) groups is 2. The number of aliphatic imine (C=N–C) groups is 2. The Morgan fingerprint density at radius 1 is 0.700 bits per heavy atom. The van der Waals surface area contributed by atoms with Crippen LogP contribution in [0.4, 0.5) is 0 Å². The Morgan fingerprint density at radius 3 is 1.53 bits per heavy atom. The van der Waals surface area contributed by atoms with Crippen LogP contribution in [0.2, 0.25) is 0 Å². The topological polar surface area (TPSA) is 111 Å². The number of carbonyl (C=O) groups excluding carboxylic acids is 4. The highest BCUT2D eigenvalue weighted by Crippen LogP contribution is 2.26. The van der Waals surface area contributed by atoms with Crippen molar-refractivity contribution in [3.8, 4) is 0 Å². The molecule has 2 rings (SSSR count). The van der Waals surface area contributed by atoms with Crippen LogP contribution in [0.3, 0.4) is 0 Å². The molecule has 4 atom stereocenters. The molecular formula is C22H30N2O6. The number of rotatable bonds is 8. The van der Waals surface area contributed by atoms with Gasteiger partial charge in [0.1, 0.15) is 0 Å². The van der Waals surface area contributed by atoms with Crippen LogP contribution in [-0.4, -0.2) is 49.4 Å². The minimum absolute atomic E-state index is 0.0231. The predicted molar refractivity (Wildman–Crippen MR) is 108 cm³/mol. The molecule has 0 radical (unpaired) electrons. The standard InChI is InChI=1S/C22H30N2O6/c25-15-23-19-5-1-3-17(7-9-19)13-29-21(27)11-12-22(28)30-14-18-4-2-6-20(10-8-18)24-16-26/h11-12,17-20H,1-10,13-14H2/b12-11-. The Bertz CT molecular complexity index is 636. The van der Waals surface area contributed by atoms with Gasteiger partial charge in [0, 0.05) is 12.2 Å². The molecule has 30 heavy (non-hydrogen) atoms. The summed E-state index contributed by atoms with van der Waals surface area (Å²) in [5, 5.41) is 0. The number of esters is 2. The highest BCUT2D eigenvalue weighted by Gasteiger charge is 2.20. The van der Waals surface area contributed by atoms with E-state index in [-0.39, 0.29) is 23.9 Å². The zero-order valence-corrected chi connectivity index (χ0v) is 17.3. The van der Waals surface area contributed by atoms with Gasteiger partial charge >= 0.3 is 11.9 Å². The molecule has 0 saturated heterocycles. The van der Waals surface area contributed by atoms with Gasteiger partial charge in [0.2, 0.25) is 12.2 Å². The fourth-order valence-corrected chi connectivity index (χ4v) is 4.09. The van der Waals surface area contributed by atoms with Gasteiger partial charge in [-0.25, -0.2) is 29.2 Å². The number of ether oxygens (including phenoxy) is 2. The number of hydrogen-bond donors (Lipinski definition) is 0. The van der Waals surface area contributed by atoms with Gasteiger partial charge in [-0.3, -0.25) is 0 Å². The summed E-state index contributed by atoms with van der Waals surface area (Å²) in [6.07, 6.45) is 14.1. The molecular weight excluding hydrogens is 388 g/mol. The average Bonchev–Trinajstić information content (AvgIpc) is 3.10. The third-order valence-electron chi connectivity index (χ3n) is 5.86. The van der Waals surface area contributed by atoms with Gasteiger partial charge in [-0.2, -0.15) is 0 Å². The molecule has 0 aliphatic heterocycles. The molecule has 0 bridgehead atoms. The first-order valence-electron chi connectivity index (χ1n) is 10.8. The van der Waals surface area contributed by atoms with Gasteiger partial charge < -0.3 is 9.47 Å². The smallest absolute Gasteiger partial charge is 0.331 e. The predicted octanol–water partition coefficient (Wildman–Crippen LogP) is 3.20. The monoisotopic (exact) mass is 418 g/mol. The molecule has 0 aromatic rings. The first-order chi connectivity index (χ1) is 14.6. The molecule has 0 aromatic carbocycles. The Balaban J connectivity index is 1.64. The van der Waals surface area contributed by atoms with Crippen molar-refractivity contribution in [2.24, 2.45) is 21.8 Å². The maximum atomic E-state index is 11.9. The number of nitrogens with zero attached hydrogens (tertiary/aromatic N) is 2. The second-order valence-corrected chi connectivity index (χ2v) is 8.09. The lowest BCUT2D eigenvalue weighted by atomic mass is 10.0. The Labute approximate surface area is 176 Å². The van der Waals surface area contributed by atoms with E-state index in [0.717, 1.165) is 76.4 Å². The van der Waals surface area contributed by atoms with Crippen molar-refractivity contribution >= 4 is 24.1 Å². The molecule has 2 saturated carbocycles. The van der Waals surface area contributed by atoms with Crippen LogP contribution in [0.1, 0.15) is 64.2 Å². The molecule has 0 amide bonds. The van der Waals surface area contributed by atoms with E-state index in [0.29, 0.717) is 13.2 Å². The zero-order valence-electron chi connectivity index (χ0n) is 17.3. The maximum Gasteiger partial charge on any atom is 0.331 e. The van der Waals surface area contributed by atoms with Gasteiger partial charge in [-0.05, 0) is 63.2 Å². The summed E-state index contributed by atoms with van der Waals surface area (Å²) in [4.78, 5) is 52.1. The van der Waals surface area contributed by atoms with E-state index in [9.17, 15) is 19.2 Å². The highest BCUT2D eigenvalue weighted by atomic mass is 16.5. The molecule has 2 aliphatic rings. The van der Waals surface area contributed by atoms with E-state index in [1.165, 1.54) is 0 Å². The molecule has 8 nitrogen and oxygen atoms in total. The van der Waals surface area contributed by atoms with E-state index >= 15 is 0 Å². The lowest BCUT2D eigenvalue weighted by molar-refractivity contribution is -0.142. The van der Waals surface area contributed by atoms with Crippen molar-refractivity contribution in [3.63, 3.8) is 0 Å². The normalized spacial score (nSPS) is 27.1. The Kier molecular flexibility index (Phi) is 10.8. The average molecular weight is 418 g/mol. The summed E-state index contributed by atoms with van der Waals surface area (Å²) >= 11 is 0. The fourth-order valence-electron chi connectivity index (χ4n) is 4.09. The zero-order chi connectivity index (χ0) is 21.6. The minimum Gasteiger partial charge on any atom is -0.462 e. The minimum atomic E-state index is -0.567. The van der Waals surface area contributed by atoms with Crippen molar-refractivity contribution in [2.45, 2.75) is 76.3 Å². The summed E-state index contributed by atoms with van der Waals surface area (Å²) in [5.74, 6) is -0.655. The van der Waals surface area contributed by atoms with Crippen LogP contribution >= 0.6 is 0 Å². The molecule has 164 valence electrons. The quantitative estimate of drug-likeness (QED) is 0.197. The van der Waals surface area contributed by atoms with Crippen LogP contribution in [0, 0.1) is 11.8 Å². The van der Waals surface area contributed by atoms with E-state index in [4.69, 9.17) is 9.47 Å². The van der Waals surface area contributed by atoms with Crippen LogP contribution in [0.15, 0.2) is 22.1 Å². The second kappa shape index (κ2) is 13.6.